The molecule has 0 saturated carbocycles. The van der Waals surface area contributed by atoms with Crippen LogP contribution in [-0.2, 0) is 4.74 Å². The Labute approximate surface area is 128 Å². The largest absolute Gasteiger partial charge is 0.379 e. The van der Waals surface area contributed by atoms with Gasteiger partial charge in [-0.05, 0) is 46.9 Å². The molecular formula is C17H29FN2O. The van der Waals surface area contributed by atoms with E-state index in [1.54, 1.807) is 6.07 Å². The van der Waals surface area contributed by atoms with Crippen molar-refractivity contribution in [1.29, 1.82) is 0 Å². The molecule has 1 aromatic carbocycles. The molecule has 120 valence electrons. The summed E-state index contributed by atoms with van der Waals surface area (Å²) >= 11 is 0. The van der Waals surface area contributed by atoms with E-state index in [9.17, 15) is 4.39 Å². The molecule has 0 amide bonds. The van der Waals surface area contributed by atoms with Crippen molar-refractivity contribution >= 4 is 0 Å². The lowest BCUT2D eigenvalue weighted by Crippen LogP contribution is -2.32. The molecule has 1 N–H and O–H groups in total. The molecule has 0 saturated heterocycles. The lowest BCUT2D eigenvalue weighted by atomic mass is 10.1. The van der Waals surface area contributed by atoms with Crippen molar-refractivity contribution in [2.45, 2.75) is 39.3 Å². The Morgan fingerprint density at radius 2 is 1.90 bits per heavy atom. The zero-order chi connectivity index (χ0) is 15.7. The van der Waals surface area contributed by atoms with Gasteiger partial charge in [-0.2, -0.15) is 0 Å². The Bertz CT molecular complexity index is 398. The lowest BCUT2D eigenvalue weighted by Gasteiger charge is -2.25. The maximum atomic E-state index is 13.7. The molecule has 1 rings (SSSR count). The smallest absolute Gasteiger partial charge is 0.127 e. The van der Waals surface area contributed by atoms with Crippen molar-refractivity contribution in [3.05, 3.63) is 35.6 Å². The Balaban J connectivity index is 2.19. The molecule has 0 aliphatic heterocycles. The number of likely N-dealkylation sites (N-methyl/N-ethyl adjacent to an activating group) is 1. The highest BCUT2D eigenvalue weighted by Crippen LogP contribution is 2.20. The van der Waals surface area contributed by atoms with Gasteiger partial charge in [-0.3, -0.25) is 4.90 Å². The van der Waals surface area contributed by atoms with Gasteiger partial charge < -0.3 is 10.1 Å². The fraction of sp³-hybridized carbons (Fsp3) is 0.647. The molecule has 1 atom stereocenters. The van der Waals surface area contributed by atoms with Gasteiger partial charge in [0.2, 0.25) is 0 Å². The molecule has 21 heavy (non-hydrogen) atoms. The normalized spacial score (nSPS) is 13.1. The summed E-state index contributed by atoms with van der Waals surface area (Å²) in [5.41, 5.74) is 0.755. The van der Waals surface area contributed by atoms with E-state index in [1.807, 2.05) is 40.0 Å². The lowest BCUT2D eigenvalue weighted by molar-refractivity contribution is 0.0770. The topological polar surface area (TPSA) is 24.5 Å². The van der Waals surface area contributed by atoms with E-state index in [0.29, 0.717) is 6.10 Å². The van der Waals surface area contributed by atoms with Crippen LogP contribution in [0.1, 0.15) is 38.8 Å². The highest BCUT2D eigenvalue weighted by molar-refractivity contribution is 5.20. The summed E-state index contributed by atoms with van der Waals surface area (Å²) in [6, 6.07) is 7.07. The van der Waals surface area contributed by atoms with Crippen LogP contribution in [0, 0.1) is 5.82 Å². The third-order valence-electron chi connectivity index (χ3n) is 3.61. The van der Waals surface area contributed by atoms with Crippen LogP contribution in [0.25, 0.3) is 0 Å². The van der Waals surface area contributed by atoms with Crippen LogP contribution in [0.2, 0.25) is 0 Å². The molecule has 0 aliphatic rings. The van der Waals surface area contributed by atoms with Gasteiger partial charge in [0.1, 0.15) is 5.82 Å². The van der Waals surface area contributed by atoms with Crippen molar-refractivity contribution in [3.63, 3.8) is 0 Å². The van der Waals surface area contributed by atoms with Crippen molar-refractivity contribution in [3.8, 4) is 0 Å². The monoisotopic (exact) mass is 296 g/mol. The standard InChI is InChI=1S/C17H29FN2O/c1-14(2)21-13-7-10-19-11-12-20(4)15(3)16-8-5-6-9-17(16)18/h5-6,8-9,14-15,19H,7,10-13H2,1-4H3. The first-order valence-corrected chi connectivity index (χ1v) is 7.79. The number of hydrogen-bond donors (Lipinski definition) is 1. The Morgan fingerprint density at radius 3 is 2.57 bits per heavy atom. The summed E-state index contributed by atoms with van der Waals surface area (Å²) < 4.78 is 19.2. The van der Waals surface area contributed by atoms with Crippen LogP contribution < -0.4 is 5.32 Å². The molecule has 0 aromatic heterocycles. The summed E-state index contributed by atoms with van der Waals surface area (Å²) in [5.74, 6) is -0.129. The summed E-state index contributed by atoms with van der Waals surface area (Å²) in [5, 5.41) is 3.40. The predicted octanol–water partition coefficient (Wildman–Crippen LogP) is 3.22. The minimum Gasteiger partial charge on any atom is -0.379 e. The predicted molar refractivity (Wildman–Crippen MR) is 86.0 cm³/mol. The maximum absolute atomic E-state index is 13.7. The second-order valence-electron chi connectivity index (χ2n) is 5.70. The van der Waals surface area contributed by atoms with Crippen LogP contribution in [0.5, 0.6) is 0 Å². The summed E-state index contributed by atoms with van der Waals surface area (Å²) in [7, 11) is 2.03. The van der Waals surface area contributed by atoms with E-state index in [4.69, 9.17) is 4.74 Å². The highest BCUT2D eigenvalue weighted by atomic mass is 19.1. The highest BCUT2D eigenvalue weighted by Gasteiger charge is 2.14. The molecule has 4 heteroatoms. The fourth-order valence-corrected chi connectivity index (χ4v) is 2.14. The van der Waals surface area contributed by atoms with E-state index >= 15 is 0 Å². The number of benzene rings is 1. The zero-order valence-corrected chi connectivity index (χ0v) is 13.7. The molecule has 0 fully saturated rings. The van der Waals surface area contributed by atoms with Crippen molar-refractivity contribution in [2.75, 3.05) is 33.3 Å². The number of ether oxygens (including phenoxy) is 1. The van der Waals surface area contributed by atoms with Crippen molar-refractivity contribution in [2.24, 2.45) is 0 Å². The Kier molecular flexibility index (Phi) is 8.50. The summed E-state index contributed by atoms with van der Waals surface area (Å²) in [4.78, 5) is 2.16. The molecule has 1 unspecified atom stereocenters. The first-order valence-electron chi connectivity index (χ1n) is 7.79. The maximum Gasteiger partial charge on any atom is 0.127 e. The van der Waals surface area contributed by atoms with Gasteiger partial charge in [0.15, 0.2) is 0 Å². The average molecular weight is 296 g/mol. The molecule has 3 nitrogen and oxygen atoms in total. The molecule has 0 spiro atoms. The van der Waals surface area contributed by atoms with E-state index in [1.165, 1.54) is 6.07 Å². The van der Waals surface area contributed by atoms with Gasteiger partial charge in [-0.15, -0.1) is 0 Å². The number of nitrogens with one attached hydrogen (secondary N) is 1. The first-order chi connectivity index (χ1) is 10.0. The van der Waals surface area contributed by atoms with E-state index in [2.05, 4.69) is 10.2 Å². The molecule has 0 heterocycles. The molecular weight excluding hydrogens is 267 g/mol. The van der Waals surface area contributed by atoms with Crippen LogP contribution in [0.3, 0.4) is 0 Å². The third kappa shape index (κ3) is 7.02. The van der Waals surface area contributed by atoms with Crippen LogP contribution >= 0.6 is 0 Å². The number of hydrogen-bond acceptors (Lipinski definition) is 3. The van der Waals surface area contributed by atoms with Crippen LogP contribution in [0.4, 0.5) is 4.39 Å². The van der Waals surface area contributed by atoms with Gasteiger partial charge in [-0.25, -0.2) is 4.39 Å². The zero-order valence-electron chi connectivity index (χ0n) is 13.7. The SMILES string of the molecule is CC(C)OCCCNCCN(C)C(C)c1ccccc1F. The molecule has 0 aliphatic carbocycles. The average Bonchev–Trinajstić information content (AvgIpc) is 2.45. The van der Waals surface area contributed by atoms with Gasteiger partial charge in [0.05, 0.1) is 6.10 Å². The van der Waals surface area contributed by atoms with Crippen LogP contribution in [-0.4, -0.2) is 44.3 Å². The molecule has 1 aromatic rings. The molecule has 0 radical (unpaired) electrons. The minimum absolute atomic E-state index is 0.0808. The third-order valence-corrected chi connectivity index (χ3v) is 3.61. The molecule has 0 bridgehead atoms. The second-order valence-corrected chi connectivity index (χ2v) is 5.70. The Hall–Kier alpha value is -0.970. The number of rotatable bonds is 10. The van der Waals surface area contributed by atoms with Crippen LogP contribution in [0.15, 0.2) is 24.3 Å². The summed E-state index contributed by atoms with van der Waals surface area (Å²) in [6.45, 7) is 9.67. The number of nitrogens with zero attached hydrogens (tertiary/aromatic N) is 1. The van der Waals surface area contributed by atoms with Gasteiger partial charge >= 0.3 is 0 Å². The van der Waals surface area contributed by atoms with Crippen molar-refractivity contribution < 1.29 is 9.13 Å². The quantitative estimate of drug-likeness (QED) is 0.671. The second kappa shape index (κ2) is 9.87. The van der Waals surface area contributed by atoms with E-state index in [-0.39, 0.29) is 11.9 Å². The van der Waals surface area contributed by atoms with Crippen molar-refractivity contribution in [1.82, 2.24) is 10.2 Å². The van der Waals surface area contributed by atoms with Gasteiger partial charge in [-0.1, -0.05) is 18.2 Å². The van der Waals surface area contributed by atoms with E-state index in [0.717, 1.165) is 38.2 Å². The van der Waals surface area contributed by atoms with Gasteiger partial charge in [0.25, 0.3) is 0 Å². The van der Waals surface area contributed by atoms with E-state index < -0.39 is 0 Å². The summed E-state index contributed by atoms with van der Waals surface area (Å²) in [6.07, 6.45) is 1.32. The first kappa shape index (κ1) is 18.1. The number of halogens is 1. The fourth-order valence-electron chi connectivity index (χ4n) is 2.14. The Morgan fingerprint density at radius 1 is 1.19 bits per heavy atom. The minimum atomic E-state index is -0.129. The van der Waals surface area contributed by atoms with Gasteiger partial charge in [0, 0.05) is 31.3 Å².